The molecule has 0 aromatic heterocycles. The number of aromatic hydroxyl groups is 1. The molecule has 1 aliphatic carbocycles. The maximum absolute atomic E-state index is 13.2. The van der Waals surface area contributed by atoms with Gasteiger partial charge in [-0.1, -0.05) is 51.5 Å². The smallest absolute Gasteiger partial charge is 0.165 e. The van der Waals surface area contributed by atoms with Crippen LogP contribution in [0.1, 0.15) is 57.4 Å². The summed E-state index contributed by atoms with van der Waals surface area (Å²) in [5.41, 5.74) is 1.01. The summed E-state index contributed by atoms with van der Waals surface area (Å²) in [7, 11) is 0. The second kappa shape index (κ2) is 6.93. The average molecular weight is 264 g/mol. The number of benzene rings is 1. The predicted octanol–water partition coefficient (Wildman–Crippen LogP) is 5.07. The fourth-order valence-corrected chi connectivity index (χ4v) is 3.29. The molecule has 1 aliphatic rings. The quantitative estimate of drug-likeness (QED) is 0.787. The van der Waals surface area contributed by atoms with Gasteiger partial charge in [0.15, 0.2) is 11.6 Å². The first-order valence-electron chi connectivity index (χ1n) is 7.66. The molecule has 0 atom stereocenters. The monoisotopic (exact) mass is 264 g/mol. The molecule has 106 valence electrons. The maximum atomic E-state index is 13.2. The second-order valence-corrected chi connectivity index (χ2v) is 6.00. The Kier molecular flexibility index (Phi) is 5.24. The van der Waals surface area contributed by atoms with E-state index in [1.165, 1.54) is 50.7 Å². The van der Waals surface area contributed by atoms with Crippen LogP contribution in [0.25, 0.3) is 0 Å². The number of rotatable bonds is 5. The Labute approximate surface area is 115 Å². The Morgan fingerprint density at radius 2 is 1.74 bits per heavy atom. The molecule has 1 N–H and O–H groups in total. The Bertz CT molecular complexity index is 394. The van der Waals surface area contributed by atoms with E-state index >= 15 is 0 Å². The van der Waals surface area contributed by atoms with Crippen molar-refractivity contribution in [3.63, 3.8) is 0 Å². The molecule has 2 heteroatoms. The van der Waals surface area contributed by atoms with E-state index in [1.54, 1.807) is 0 Å². The molecule has 1 fully saturated rings. The van der Waals surface area contributed by atoms with E-state index < -0.39 is 5.82 Å². The Balaban J connectivity index is 1.75. The first-order chi connectivity index (χ1) is 9.19. The second-order valence-electron chi connectivity index (χ2n) is 6.00. The third-order valence-electron chi connectivity index (χ3n) is 4.52. The summed E-state index contributed by atoms with van der Waals surface area (Å²) in [5.74, 6) is 1.02. The van der Waals surface area contributed by atoms with Crippen molar-refractivity contribution < 1.29 is 9.50 Å². The molecule has 0 heterocycles. The van der Waals surface area contributed by atoms with Crippen molar-refractivity contribution in [2.24, 2.45) is 11.8 Å². The van der Waals surface area contributed by atoms with Gasteiger partial charge >= 0.3 is 0 Å². The summed E-state index contributed by atoms with van der Waals surface area (Å²) in [4.78, 5) is 0. The van der Waals surface area contributed by atoms with E-state index in [2.05, 4.69) is 6.92 Å². The first kappa shape index (κ1) is 14.4. The topological polar surface area (TPSA) is 20.2 Å². The Hall–Kier alpha value is -1.05. The molecule has 0 bridgehead atoms. The molecule has 1 aromatic carbocycles. The van der Waals surface area contributed by atoms with Crippen molar-refractivity contribution in [1.29, 1.82) is 0 Å². The lowest BCUT2D eigenvalue weighted by Gasteiger charge is -2.28. The molecular weight excluding hydrogens is 239 g/mol. The highest BCUT2D eigenvalue weighted by Gasteiger charge is 2.20. The van der Waals surface area contributed by atoms with Gasteiger partial charge in [-0.25, -0.2) is 4.39 Å². The largest absolute Gasteiger partial charge is 0.505 e. The average Bonchev–Trinajstić information content (AvgIpc) is 2.42. The molecule has 2 rings (SSSR count). The molecule has 0 radical (unpaired) electrons. The highest BCUT2D eigenvalue weighted by atomic mass is 19.1. The van der Waals surface area contributed by atoms with Crippen LogP contribution in [0.2, 0.25) is 0 Å². The number of phenolic OH excluding ortho intramolecular Hbond substituents is 1. The van der Waals surface area contributed by atoms with E-state index in [9.17, 15) is 4.39 Å². The maximum Gasteiger partial charge on any atom is 0.165 e. The summed E-state index contributed by atoms with van der Waals surface area (Å²) in [5, 5.41) is 9.17. The lowest BCUT2D eigenvalue weighted by atomic mass is 9.78. The molecule has 0 unspecified atom stereocenters. The SMILES string of the molecule is CCCC1CCC(CCc2ccc(O)c(F)c2)CC1. The minimum atomic E-state index is -0.496. The minimum Gasteiger partial charge on any atom is -0.505 e. The van der Waals surface area contributed by atoms with Crippen molar-refractivity contribution in [2.75, 3.05) is 0 Å². The molecule has 1 aromatic rings. The Morgan fingerprint density at radius 1 is 1.11 bits per heavy atom. The van der Waals surface area contributed by atoms with Crippen LogP contribution in [0.5, 0.6) is 5.75 Å². The molecule has 0 spiro atoms. The lowest BCUT2D eigenvalue weighted by Crippen LogP contribution is -2.15. The first-order valence-corrected chi connectivity index (χ1v) is 7.66. The third kappa shape index (κ3) is 4.22. The normalized spacial score (nSPS) is 23.5. The number of halogens is 1. The fraction of sp³-hybridized carbons (Fsp3) is 0.647. The lowest BCUT2D eigenvalue weighted by molar-refractivity contribution is 0.252. The van der Waals surface area contributed by atoms with Crippen molar-refractivity contribution in [3.8, 4) is 5.75 Å². The molecular formula is C17H25FO. The van der Waals surface area contributed by atoms with Crippen LogP contribution in [0.3, 0.4) is 0 Å². The molecule has 0 saturated heterocycles. The van der Waals surface area contributed by atoms with Crippen LogP contribution in [-0.4, -0.2) is 5.11 Å². The van der Waals surface area contributed by atoms with Crippen LogP contribution in [-0.2, 0) is 6.42 Å². The van der Waals surface area contributed by atoms with Crippen molar-refractivity contribution in [2.45, 2.75) is 58.3 Å². The van der Waals surface area contributed by atoms with E-state index in [1.807, 2.05) is 6.07 Å². The minimum absolute atomic E-state index is 0.246. The Morgan fingerprint density at radius 3 is 2.32 bits per heavy atom. The third-order valence-corrected chi connectivity index (χ3v) is 4.52. The highest BCUT2D eigenvalue weighted by Crippen LogP contribution is 2.34. The summed E-state index contributed by atoms with van der Waals surface area (Å²) in [6.45, 7) is 2.27. The van der Waals surface area contributed by atoms with Gasteiger partial charge in [-0.05, 0) is 42.4 Å². The fourth-order valence-electron chi connectivity index (χ4n) is 3.29. The zero-order valence-corrected chi connectivity index (χ0v) is 11.9. The van der Waals surface area contributed by atoms with Crippen LogP contribution in [0.15, 0.2) is 18.2 Å². The van der Waals surface area contributed by atoms with Gasteiger partial charge in [0.05, 0.1) is 0 Å². The number of phenols is 1. The number of hydrogen-bond donors (Lipinski definition) is 1. The van der Waals surface area contributed by atoms with Gasteiger partial charge in [0, 0.05) is 0 Å². The van der Waals surface area contributed by atoms with Gasteiger partial charge in [0.25, 0.3) is 0 Å². The number of hydrogen-bond acceptors (Lipinski definition) is 1. The van der Waals surface area contributed by atoms with Gasteiger partial charge in [-0.3, -0.25) is 0 Å². The molecule has 19 heavy (non-hydrogen) atoms. The van der Waals surface area contributed by atoms with E-state index in [-0.39, 0.29) is 5.75 Å². The van der Waals surface area contributed by atoms with E-state index in [4.69, 9.17) is 5.11 Å². The van der Waals surface area contributed by atoms with Gasteiger partial charge in [0.1, 0.15) is 0 Å². The highest BCUT2D eigenvalue weighted by molar-refractivity contribution is 5.28. The zero-order valence-electron chi connectivity index (χ0n) is 11.9. The van der Waals surface area contributed by atoms with Crippen LogP contribution < -0.4 is 0 Å². The molecule has 1 saturated carbocycles. The van der Waals surface area contributed by atoms with Crippen molar-refractivity contribution in [3.05, 3.63) is 29.6 Å². The zero-order chi connectivity index (χ0) is 13.7. The van der Waals surface area contributed by atoms with Crippen molar-refractivity contribution >= 4 is 0 Å². The van der Waals surface area contributed by atoms with Crippen LogP contribution in [0.4, 0.5) is 4.39 Å². The standard InChI is InChI=1S/C17H25FO/c1-2-3-13-4-6-14(7-5-13)8-9-15-10-11-17(19)16(18)12-15/h10-14,19H,2-9H2,1H3. The van der Waals surface area contributed by atoms with Gasteiger partial charge < -0.3 is 5.11 Å². The van der Waals surface area contributed by atoms with Gasteiger partial charge in [0.2, 0.25) is 0 Å². The van der Waals surface area contributed by atoms with Gasteiger partial charge in [-0.2, -0.15) is 0 Å². The number of aryl methyl sites for hydroxylation is 1. The van der Waals surface area contributed by atoms with Crippen LogP contribution >= 0.6 is 0 Å². The molecule has 1 nitrogen and oxygen atoms in total. The van der Waals surface area contributed by atoms with E-state index in [0.717, 1.165) is 30.2 Å². The van der Waals surface area contributed by atoms with Crippen molar-refractivity contribution in [1.82, 2.24) is 0 Å². The summed E-state index contributed by atoms with van der Waals surface area (Å²) in [6, 6.07) is 4.77. The van der Waals surface area contributed by atoms with Gasteiger partial charge in [-0.15, -0.1) is 0 Å². The predicted molar refractivity (Wildman–Crippen MR) is 76.7 cm³/mol. The van der Waals surface area contributed by atoms with Crippen LogP contribution in [0, 0.1) is 17.7 Å². The summed E-state index contributed by atoms with van der Waals surface area (Å²) < 4.78 is 13.2. The summed E-state index contributed by atoms with van der Waals surface area (Å²) >= 11 is 0. The molecule has 0 aliphatic heterocycles. The van der Waals surface area contributed by atoms with E-state index in [0.29, 0.717) is 0 Å². The molecule has 0 amide bonds. The summed E-state index contributed by atoms with van der Waals surface area (Å²) in [6.07, 6.45) is 10.2.